The number of anilines is 1. The molecule has 5 heteroatoms. The topological polar surface area (TPSA) is 48.5 Å². The van der Waals surface area contributed by atoms with E-state index < -0.39 is 0 Å². The Hall–Kier alpha value is -2.40. The molecule has 1 aliphatic rings. The third-order valence-corrected chi connectivity index (χ3v) is 4.90. The number of carbonyl (C=O) groups excluding carboxylic acids is 1. The monoisotopic (exact) mass is 352 g/mol. The normalized spacial score (nSPS) is 15.0. The fourth-order valence-electron chi connectivity index (χ4n) is 3.26. The Morgan fingerprint density at radius 1 is 1.12 bits per heavy atom. The summed E-state index contributed by atoms with van der Waals surface area (Å²) in [6, 6.07) is 14.3. The first-order valence-corrected chi connectivity index (χ1v) is 9.51. The molecule has 1 fully saturated rings. The van der Waals surface area contributed by atoms with Crippen molar-refractivity contribution >= 4 is 11.6 Å². The zero-order chi connectivity index (χ0) is 18.2. The number of nitrogens with one attached hydrogen (secondary N) is 1. The highest BCUT2D eigenvalue weighted by Gasteiger charge is 2.22. The van der Waals surface area contributed by atoms with Crippen molar-refractivity contribution < 1.29 is 4.79 Å². The third kappa shape index (κ3) is 5.05. The van der Waals surface area contributed by atoms with Crippen LogP contribution in [0.15, 0.2) is 48.7 Å². The molecular weight excluding hydrogens is 324 g/mol. The summed E-state index contributed by atoms with van der Waals surface area (Å²) >= 11 is 0. The predicted octanol–water partition coefficient (Wildman–Crippen LogP) is 2.90. The van der Waals surface area contributed by atoms with Crippen LogP contribution in [0.2, 0.25) is 0 Å². The van der Waals surface area contributed by atoms with E-state index in [-0.39, 0.29) is 5.91 Å². The number of piperazine rings is 1. The molecule has 2 heterocycles. The SMILES string of the molecule is CCN1CCN(C(=O)c2cc(NCCCc3ccccc3)ccn2)CC1. The number of hydrogen-bond donors (Lipinski definition) is 1. The number of nitrogens with zero attached hydrogens (tertiary/aromatic N) is 3. The van der Waals surface area contributed by atoms with E-state index >= 15 is 0 Å². The summed E-state index contributed by atoms with van der Waals surface area (Å²) in [7, 11) is 0. The number of rotatable bonds is 7. The minimum Gasteiger partial charge on any atom is -0.385 e. The molecule has 0 unspecified atom stereocenters. The van der Waals surface area contributed by atoms with Crippen molar-refractivity contribution in [2.45, 2.75) is 19.8 Å². The summed E-state index contributed by atoms with van der Waals surface area (Å²) < 4.78 is 0. The Kier molecular flexibility index (Phi) is 6.61. The van der Waals surface area contributed by atoms with Crippen LogP contribution in [0.1, 0.15) is 29.4 Å². The molecule has 0 aliphatic carbocycles. The van der Waals surface area contributed by atoms with Gasteiger partial charge >= 0.3 is 0 Å². The highest BCUT2D eigenvalue weighted by Crippen LogP contribution is 2.12. The van der Waals surface area contributed by atoms with Gasteiger partial charge in [-0.2, -0.15) is 0 Å². The number of aromatic nitrogens is 1. The number of amides is 1. The van der Waals surface area contributed by atoms with Crippen molar-refractivity contribution in [1.29, 1.82) is 0 Å². The van der Waals surface area contributed by atoms with Crippen LogP contribution >= 0.6 is 0 Å². The minimum absolute atomic E-state index is 0.0358. The lowest BCUT2D eigenvalue weighted by molar-refractivity contribution is 0.0637. The number of pyridine rings is 1. The van der Waals surface area contributed by atoms with Gasteiger partial charge in [0.05, 0.1) is 0 Å². The highest BCUT2D eigenvalue weighted by molar-refractivity contribution is 5.93. The van der Waals surface area contributed by atoms with Crippen LogP contribution < -0.4 is 5.32 Å². The lowest BCUT2D eigenvalue weighted by Gasteiger charge is -2.33. The van der Waals surface area contributed by atoms with Crippen LogP contribution in [-0.4, -0.2) is 60.0 Å². The van der Waals surface area contributed by atoms with Gasteiger partial charge in [-0.15, -0.1) is 0 Å². The van der Waals surface area contributed by atoms with Gasteiger partial charge in [0.25, 0.3) is 5.91 Å². The molecule has 0 radical (unpaired) electrons. The fourth-order valence-corrected chi connectivity index (χ4v) is 3.26. The Morgan fingerprint density at radius 3 is 2.62 bits per heavy atom. The van der Waals surface area contributed by atoms with E-state index in [0.717, 1.165) is 57.8 Å². The molecular formula is C21H28N4O. The molecule has 26 heavy (non-hydrogen) atoms. The average Bonchev–Trinajstić information content (AvgIpc) is 2.72. The number of likely N-dealkylation sites (N-methyl/N-ethyl adjacent to an activating group) is 1. The minimum atomic E-state index is 0.0358. The van der Waals surface area contributed by atoms with E-state index in [0.29, 0.717) is 5.69 Å². The Bertz CT molecular complexity index is 696. The van der Waals surface area contributed by atoms with Gasteiger partial charge in [0.1, 0.15) is 5.69 Å². The maximum atomic E-state index is 12.7. The molecule has 1 amide bonds. The van der Waals surface area contributed by atoms with E-state index in [9.17, 15) is 4.79 Å². The molecule has 1 aromatic heterocycles. The van der Waals surface area contributed by atoms with E-state index in [1.165, 1.54) is 5.56 Å². The van der Waals surface area contributed by atoms with E-state index in [4.69, 9.17) is 0 Å². The predicted molar refractivity (Wildman–Crippen MR) is 106 cm³/mol. The largest absolute Gasteiger partial charge is 0.385 e. The van der Waals surface area contributed by atoms with Crippen LogP contribution in [-0.2, 0) is 6.42 Å². The highest BCUT2D eigenvalue weighted by atomic mass is 16.2. The summed E-state index contributed by atoms with van der Waals surface area (Å²) in [5, 5.41) is 3.41. The van der Waals surface area contributed by atoms with E-state index in [1.54, 1.807) is 6.20 Å². The Balaban J connectivity index is 1.49. The van der Waals surface area contributed by atoms with Gasteiger partial charge in [-0.05, 0) is 37.1 Å². The zero-order valence-electron chi connectivity index (χ0n) is 15.5. The van der Waals surface area contributed by atoms with Gasteiger partial charge in [-0.3, -0.25) is 9.78 Å². The maximum absolute atomic E-state index is 12.7. The number of benzene rings is 1. The van der Waals surface area contributed by atoms with Crippen LogP contribution in [0.3, 0.4) is 0 Å². The molecule has 138 valence electrons. The standard InChI is InChI=1S/C21H28N4O/c1-2-24-13-15-25(16-14-24)21(26)20-17-19(10-12-23-20)22-11-6-9-18-7-4-3-5-8-18/h3-5,7-8,10,12,17H,2,6,9,11,13-16H2,1H3,(H,22,23). The molecule has 3 rings (SSSR count). The first-order chi connectivity index (χ1) is 12.8. The van der Waals surface area contributed by atoms with Gasteiger partial charge < -0.3 is 15.1 Å². The molecule has 0 atom stereocenters. The summed E-state index contributed by atoms with van der Waals surface area (Å²) in [4.78, 5) is 21.2. The molecule has 0 bridgehead atoms. The number of aryl methyl sites for hydroxylation is 1. The van der Waals surface area contributed by atoms with Gasteiger partial charge in [0.15, 0.2) is 0 Å². The zero-order valence-corrected chi connectivity index (χ0v) is 15.5. The van der Waals surface area contributed by atoms with E-state index in [2.05, 4.69) is 46.4 Å². The quantitative estimate of drug-likeness (QED) is 0.779. The molecule has 2 aromatic rings. The van der Waals surface area contributed by atoms with Crippen LogP contribution in [0, 0.1) is 0 Å². The third-order valence-electron chi connectivity index (χ3n) is 4.90. The van der Waals surface area contributed by atoms with Crippen molar-refractivity contribution in [3.8, 4) is 0 Å². The Morgan fingerprint density at radius 2 is 1.88 bits per heavy atom. The number of carbonyl (C=O) groups is 1. The van der Waals surface area contributed by atoms with Crippen molar-refractivity contribution in [2.24, 2.45) is 0 Å². The first kappa shape index (κ1) is 18.4. The van der Waals surface area contributed by atoms with E-state index in [1.807, 2.05) is 23.1 Å². The lowest BCUT2D eigenvalue weighted by Crippen LogP contribution is -2.48. The van der Waals surface area contributed by atoms with Crippen LogP contribution in [0.4, 0.5) is 5.69 Å². The second-order valence-electron chi connectivity index (χ2n) is 6.67. The van der Waals surface area contributed by atoms with Gasteiger partial charge in [0, 0.05) is 44.6 Å². The summed E-state index contributed by atoms with van der Waals surface area (Å²) in [5.41, 5.74) is 2.85. The second kappa shape index (κ2) is 9.34. The molecule has 0 saturated carbocycles. The molecule has 0 spiro atoms. The van der Waals surface area contributed by atoms with Crippen molar-refractivity contribution in [3.05, 3.63) is 59.9 Å². The van der Waals surface area contributed by atoms with Gasteiger partial charge in [0.2, 0.25) is 0 Å². The smallest absolute Gasteiger partial charge is 0.272 e. The maximum Gasteiger partial charge on any atom is 0.272 e. The molecule has 1 saturated heterocycles. The van der Waals surface area contributed by atoms with Crippen molar-refractivity contribution in [2.75, 3.05) is 44.6 Å². The van der Waals surface area contributed by atoms with Crippen molar-refractivity contribution in [3.63, 3.8) is 0 Å². The summed E-state index contributed by atoms with van der Waals surface area (Å²) in [6.45, 7) is 7.53. The molecule has 5 nitrogen and oxygen atoms in total. The molecule has 1 N–H and O–H groups in total. The van der Waals surface area contributed by atoms with Crippen molar-refractivity contribution in [1.82, 2.24) is 14.8 Å². The number of hydrogen-bond acceptors (Lipinski definition) is 4. The van der Waals surface area contributed by atoms with Gasteiger partial charge in [-0.25, -0.2) is 0 Å². The Labute approximate surface area is 156 Å². The van der Waals surface area contributed by atoms with Gasteiger partial charge in [-0.1, -0.05) is 37.3 Å². The lowest BCUT2D eigenvalue weighted by atomic mass is 10.1. The average molecular weight is 352 g/mol. The second-order valence-corrected chi connectivity index (χ2v) is 6.67. The first-order valence-electron chi connectivity index (χ1n) is 9.51. The van der Waals surface area contributed by atoms with Crippen LogP contribution in [0.25, 0.3) is 0 Å². The van der Waals surface area contributed by atoms with Crippen LogP contribution in [0.5, 0.6) is 0 Å². The summed E-state index contributed by atoms with van der Waals surface area (Å²) in [5.74, 6) is 0.0358. The molecule has 1 aliphatic heterocycles. The fraction of sp³-hybridized carbons (Fsp3) is 0.429. The summed E-state index contributed by atoms with van der Waals surface area (Å²) in [6.07, 6.45) is 3.82. The molecule has 1 aromatic carbocycles.